The van der Waals surface area contributed by atoms with Crippen LogP contribution < -0.4 is 4.74 Å². The van der Waals surface area contributed by atoms with Gasteiger partial charge >= 0.3 is 0 Å². The lowest BCUT2D eigenvalue weighted by Gasteiger charge is -2.28. The minimum Gasteiger partial charge on any atom is -0.497 e. The minimum atomic E-state index is -1.01. The molecule has 3 nitrogen and oxygen atoms in total. The van der Waals surface area contributed by atoms with E-state index in [1.165, 1.54) is 0 Å². The maximum atomic E-state index is 10.7. The van der Waals surface area contributed by atoms with Crippen molar-refractivity contribution in [1.82, 2.24) is 0 Å². The largest absolute Gasteiger partial charge is 0.497 e. The Morgan fingerprint density at radius 1 is 1.59 bits per heavy atom. The average molecular weight is 231 g/mol. The number of rotatable bonds is 3. The standard InChI is InChI=1S/C14H17NO2/c1-3-11(9-15)14(16)7-6-10-4-5-12(17-2)8-13(10)14/h4-5,8,11,16H,3,6-7H2,1-2H3. The van der Waals surface area contributed by atoms with E-state index < -0.39 is 5.60 Å². The van der Waals surface area contributed by atoms with Gasteiger partial charge in [-0.1, -0.05) is 13.0 Å². The summed E-state index contributed by atoms with van der Waals surface area (Å²) in [6.45, 7) is 1.93. The van der Waals surface area contributed by atoms with E-state index >= 15 is 0 Å². The third-order valence-corrected chi connectivity index (χ3v) is 3.70. The minimum absolute atomic E-state index is 0.351. The van der Waals surface area contributed by atoms with E-state index in [2.05, 4.69) is 6.07 Å². The van der Waals surface area contributed by atoms with Gasteiger partial charge in [-0.2, -0.15) is 5.26 Å². The molecule has 1 aromatic rings. The first-order valence-corrected chi connectivity index (χ1v) is 5.95. The lowest BCUT2D eigenvalue weighted by molar-refractivity contribution is -0.00240. The van der Waals surface area contributed by atoms with Gasteiger partial charge < -0.3 is 9.84 Å². The van der Waals surface area contributed by atoms with Crippen molar-refractivity contribution < 1.29 is 9.84 Å². The molecule has 1 N–H and O–H groups in total. The Kier molecular flexibility index (Phi) is 3.08. The van der Waals surface area contributed by atoms with Crippen LogP contribution in [0.1, 0.15) is 30.9 Å². The predicted molar refractivity (Wildman–Crippen MR) is 64.6 cm³/mol. The van der Waals surface area contributed by atoms with Crippen molar-refractivity contribution in [3.05, 3.63) is 29.3 Å². The second-order valence-electron chi connectivity index (χ2n) is 4.54. The van der Waals surface area contributed by atoms with Gasteiger partial charge in [0.15, 0.2) is 0 Å². The summed E-state index contributed by atoms with van der Waals surface area (Å²) in [4.78, 5) is 0. The fraction of sp³-hybridized carbons (Fsp3) is 0.500. The molecule has 1 aliphatic carbocycles. The topological polar surface area (TPSA) is 53.2 Å². The van der Waals surface area contributed by atoms with Crippen molar-refractivity contribution in [2.45, 2.75) is 31.8 Å². The molecule has 0 saturated carbocycles. The van der Waals surface area contributed by atoms with Gasteiger partial charge in [0.25, 0.3) is 0 Å². The average Bonchev–Trinajstić information content (AvgIpc) is 2.69. The monoisotopic (exact) mass is 231 g/mol. The summed E-state index contributed by atoms with van der Waals surface area (Å²) in [6, 6.07) is 7.97. The summed E-state index contributed by atoms with van der Waals surface area (Å²) >= 11 is 0. The first kappa shape index (κ1) is 11.9. The molecule has 1 aliphatic rings. The number of benzene rings is 1. The maximum Gasteiger partial charge on any atom is 0.119 e. The lowest BCUT2D eigenvalue weighted by Crippen LogP contribution is -2.31. The van der Waals surface area contributed by atoms with Crippen molar-refractivity contribution in [3.63, 3.8) is 0 Å². The van der Waals surface area contributed by atoms with Crippen LogP contribution in [0, 0.1) is 17.2 Å². The van der Waals surface area contributed by atoms with Crippen molar-refractivity contribution in [2.75, 3.05) is 7.11 Å². The number of nitriles is 1. The van der Waals surface area contributed by atoms with Gasteiger partial charge in [-0.15, -0.1) is 0 Å². The van der Waals surface area contributed by atoms with E-state index in [1.807, 2.05) is 25.1 Å². The molecule has 0 saturated heterocycles. The van der Waals surface area contributed by atoms with E-state index in [0.29, 0.717) is 12.8 Å². The van der Waals surface area contributed by atoms with Crippen molar-refractivity contribution in [1.29, 1.82) is 5.26 Å². The van der Waals surface area contributed by atoms with Gasteiger partial charge in [0.2, 0.25) is 0 Å². The van der Waals surface area contributed by atoms with Gasteiger partial charge in [-0.3, -0.25) is 0 Å². The van der Waals surface area contributed by atoms with Gasteiger partial charge in [0.1, 0.15) is 11.4 Å². The fourth-order valence-electron chi connectivity index (χ4n) is 2.66. The Morgan fingerprint density at radius 3 is 2.94 bits per heavy atom. The van der Waals surface area contributed by atoms with E-state index in [0.717, 1.165) is 23.3 Å². The SMILES string of the molecule is CCC(C#N)C1(O)CCc2ccc(OC)cc21. The highest BCUT2D eigenvalue weighted by Gasteiger charge is 2.43. The van der Waals surface area contributed by atoms with Crippen molar-refractivity contribution in [3.8, 4) is 11.8 Å². The van der Waals surface area contributed by atoms with Crippen molar-refractivity contribution >= 4 is 0 Å². The normalized spacial score (nSPS) is 23.9. The van der Waals surface area contributed by atoms with Crippen LogP contribution in [0.15, 0.2) is 18.2 Å². The van der Waals surface area contributed by atoms with Crippen LogP contribution in [0.25, 0.3) is 0 Å². The fourth-order valence-corrected chi connectivity index (χ4v) is 2.66. The molecule has 2 rings (SSSR count). The lowest BCUT2D eigenvalue weighted by atomic mass is 9.81. The Labute approximate surface area is 102 Å². The molecule has 0 aromatic heterocycles. The molecular formula is C14H17NO2. The number of hydrogen-bond acceptors (Lipinski definition) is 3. The molecule has 0 radical (unpaired) electrons. The smallest absolute Gasteiger partial charge is 0.119 e. The summed E-state index contributed by atoms with van der Waals surface area (Å²) in [6.07, 6.45) is 2.11. The molecule has 2 atom stereocenters. The molecule has 2 unspecified atom stereocenters. The first-order chi connectivity index (χ1) is 8.15. The van der Waals surface area contributed by atoms with Crippen LogP contribution in [0.4, 0.5) is 0 Å². The second kappa shape index (κ2) is 4.38. The van der Waals surface area contributed by atoms with Crippen LogP contribution in [0.3, 0.4) is 0 Å². The van der Waals surface area contributed by atoms with Crippen molar-refractivity contribution in [2.24, 2.45) is 5.92 Å². The zero-order valence-corrected chi connectivity index (χ0v) is 10.2. The predicted octanol–water partition coefficient (Wildman–Crippen LogP) is 2.38. The molecule has 0 spiro atoms. The number of aliphatic hydroxyl groups is 1. The third kappa shape index (κ3) is 1.79. The zero-order valence-electron chi connectivity index (χ0n) is 10.2. The second-order valence-corrected chi connectivity index (χ2v) is 4.54. The highest BCUT2D eigenvalue weighted by atomic mass is 16.5. The molecule has 17 heavy (non-hydrogen) atoms. The van der Waals surface area contributed by atoms with E-state index in [-0.39, 0.29) is 5.92 Å². The quantitative estimate of drug-likeness (QED) is 0.869. The molecule has 0 bridgehead atoms. The zero-order chi connectivity index (χ0) is 12.5. The van der Waals surface area contributed by atoms with Crippen LogP contribution in [0.5, 0.6) is 5.75 Å². The van der Waals surface area contributed by atoms with E-state index in [9.17, 15) is 5.11 Å². The van der Waals surface area contributed by atoms with Gasteiger partial charge in [-0.05, 0) is 42.5 Å². The summed E-state index contributed by atoms with van der Waals surface area (Å²) in [5.41, 5.74) is 0.986. The van der Waals surface area contributed by atoms with Crippen LogP contribution in [0.2, 0.25) is 0 Å². The number of methoxy groups -OCH3 is 1. The van der Waals surface area contributed by atoms with Crippen LogP contribution >= 0.6 is 0 Å². The van der Waals surface area contributed by atoms with Gasteiger partial charge in [-0.25, -0.2) is 0 Å². The number of aryl methyl sites for hydroxylation is 1. The Balaban J connectivity index is 2.47. The Morgan fingerprint density at radius 2 is 2.35 bits per heavy atom. The molecule has 90 valence electrons. The summed E-state index contributed by atoms with van der Waals surface area (Å²) in [5, 5.41) is 19.9. The molecule has 0 aliphatic heterocycles. The molecule has 3 heteroatoms. The molecule has 0 heterocycles. The van der Waals surface area contributed by atoms with E-state index in [4.69, 9.17) is 10.00 Å². The van der Waals surface area contributed by atoms with E-state index in [1.54, 1.807) is 7.11 Å². The number of ether oxygens (including phenoxy) is 1. The third-order valence-electron chi connectivity index (χ3n) is 3.70. The Bertz CT molecular complexity index is 464. The number of nitrogens with zero attached hydrogens (tertiary/aromatic N) is 1. The number of fused-ring (bicyclic) bond motifs is 1. The van der Waals surface area contributed by atoms with Gasteiger partial charge in [0.05, 0.1) is 19.1 Å². The summed E-state index contributed by atoms with van der Waals surface area (Å²) < 4.78 is 5.19. The van der Waals surface area contributed by atoms with Crippen LogP contribution in [-0.2, 0) is 12.0 Å². The van der Waals surface area contributed by atoms with Crippen LogP contribution in [-0.4, -0.2) is 12.2 Å². The molecule has 0 amide bonds. The number of hydrogen-bond donors (Lipinski definition) is 1. The van der Waals surface area contributed by atoms with Gasteiger partial charge in [0, 0.05) is 0 Å². The summed E-state index contributed by atoms with van der Waals surface area (Å²) in [5.74, 6) is 0.382. The first-order valence-electron chi connectivity index (χ1n) is 5.95. The highest BCUT2D eigenvalue weighted by Crippen LogP contribution is 2.44. The summed E-state index contributed by atoms with van der Waals surface area (Å²) in [7, 11) is 1.61. The Hall–Kier alpha value is -1.53. The highest BCUT2D eigenvalue weighted by molar-refractivity contribution is 5.44. The molecule has 1 aromatic carbocycles. The molecule has 0 fully saturated rings. The maximum absolute atomic E-state index is 10.7. The molecular weight excluding hydrogens is 214 g/mol.